The van der Waals surface area contributed by atoms with Crippen molar-refractivity contribution >= 4 is 11.4 Å². The lowest BCUT2D eigenvalue weighted by atomic mass is 10.2. The number of pyridine rings is 1. The molecule has 1 heterocycles. The number of nitrogens with zero attached hydrogens (tertiary/aromatic N) is 2. The summed E-state index contributed by atoms with van der Waals surface area (Å²) in [4.78, 5) is 12.0. The average molecular weight is 273 g/mol. The lowest BCUT2D eigenvalue weighted by Crippen LogP contribution is -2.20. The Balaban J connectivity index is 3.37. The molecule has 0 atom stereocenters. The summed E-state index contributed by atoms with van der Waals surface area (Å²) >= 11 is 0. The van der Waals surface area contributed by atoms with Crippen LogP contribution in [-0.2, 0) is 0 Å². The van der Waals surface area contributed by atoms with E-state index in [9.17, 15) is 32.1 Å². The monoisotopic (exact) mass is 273 g/mol. The summed E-state index contributed by atoms with van der Waals surface area (Å²) in [5, 5.41) is 10.4. The van der Waals surface area contributed by atoms with E-state index >= 15 is 0 Å². The molecular weight excluding hydrogens is 269 g/mol. The predicted molar refractivity (Wildman–Crippen MR) is 46.9 cm³/mol. The van der Waals surface area contributed by atoms with Crippen LogP contribution in [0, 0.1) is 10.1 Å². The normalized spacial score (nSPS) is 11.7. The van der Waals surface area contributed by atoms with Gasteiger partial charge in [-0.2, -0.15) is 0 Å². The van der Waals surface area contributed by atoms with E-state index < -0.39 is 40.5 Å². The van der Waals surface area contributed by atoms with Crippen LogP contribution in [0.1, 0.15) is 12.0 Å². The lowest BCUT2D eigenvalue weighted by Gasteiger charge is -2.13. The molecule has 2 N–H and O–H groups in total. The quantitative estimate of drug-likeness (QED) is 0.518. The number of hydrogen-bond acceptors (Lipinski definition) is 5. The van der Waals surface area contributed by atoms with Crippen molar-refractivity contribution in [3.05, 3.63) is 21.9 Å². The smallest absolute Gasteiger partial charge is 0.393 e. The Bertz CT molecular complexity index is 476. The molecule has 6 nitrogen and oxygen atoms in total. The van der Waals surface area contributed by atoms with E-state index in [2.05, 4.69) is 9.72 Å². The second-order valence-corrected chi connectivity index (χ2v) is 2.88. The van der Waals surface area contributed by atoms with Crippen LogP contribution in [0.2, 0.25) is 0 Å². The van der Waals surface area contributed by atoms with Gasteiger partial charge in [0.15, 0.2) is 0 Å². The molecule has 100 valence electrons. The predicted octanol–water partition coefficient (Wildman–Crippen LogP) is 2.41. The molecule has 0 bridgehead atoms. The van der Waals surface area contributed by atoms with Gasteiger partial charge in [-0.15, -0.1) is 13.2 Å². The van der Waals surface area contributed by atoms with Crippen LogP contribution in [0.4, 0.5) is 33.3 Å². The highest BCUT2D eigenvalue weighted by atomic mass is 19.4. The first kappa shape index (κ1) is 13.9. The van der Waals surface area contributed by atoms with Gasteiger partial charge in [0.2, 0.25) is 5.88 Å². The van der Waals surface area contributed by atoms with Crippen LogP contribution in [-0.4, -0.2) is 16.3 Å². The number of aromatic nitrogens is 1. The highest BCUT2D eigenvalue weighted by Gasteiger charge is 2.36. The van der Waals surface area contributed by atoms with Crippen molar-refractivity contribution in [1.82, 2.24) is 4.98 Å². The second kappa shape index (κ2) is 4.58. The first-order chi connectivity index (χ1) is 8.13. The minimum Gasteiger partial charge on any atom is -0.393 e. The van der Waals surface area contributed by atoms with Gasteiger partial charge in [0.1, 0.15) is 17.4 Å². The molecule has 0 aliphatic carbocycles. The molecule has 0 aliphatic rings. The van der Waals surface area contributed by atoms with Gasteiger partial charge in [-0.05, 0) is 0 Å². The molecule has 11 heteroatoms. The average Bonchev–Trinajstić information content (AvgIpc) is 2.13. The Labute approximate surface area is 95.3 Å². The zero-order valence-electron chi connectivity index (χ0n) is 8.24. The van der Waals surface area contributed by atoms with Crippen LogP contribution in [0.25, 0.3) is 0 Å². The van der Waals surface area contributed by atoms with E-state index in [1.54, 1.807) is 0 Å². The van der Waals surface area contributed by atoms with Gasteiger partial charge < -0.3 is 10.5 Å². The minimum absolute atomic E-state index is 0.308. The summed E-state index contributed by atoms with van der Waals surface area (Å²) in [5.41, 5.74) is 1.38. The number of halogens is 5. The molecule has 0 radical (unpaired) electrons. The molecule has 0 aromatic carbocycles. The summed E-state index contributed by atoms with van der Waals surface area (Å²) < 4.78 is 63.9. The van der Waals surface area contributed by atoms with Gasteiger partial charge in [0.25, 0.3) is 6.43 Å². The number of anilines is 1. The summed E-state index contributed by atoms with van der Waals surface area (Å²) in [6, 6.07) is 0. The van der Waals surface area contributed by atoms with Crippen molar-refractivity contribution in [2.45, 2.75) is 12.8 Å². The Morgan fingerprint density at radius 3 is 2.39 bits per heavy atom. The number of hydrogen-bond donors (Lipinski definition) is 1. The zero-order valence-corrected chi connectivity index (χ0v) is 8.24. The lowest BCUT2D eigenvalue weighted by molar-refractivity contribution is -0.384. The van der Waals surface area contributed by atoms with Crippen molar-refractivity contribution < 1.29 is 31.6 Å². The van der Waals surface area contributed by atoms with Gasteiger partial charge in [-0.3, -0.25) is 10.1 Å². The fourth-order valence-electron chi connectivity index (χ4n) is 1.06. The maximum Gasteiger partial charge on any atom is 0.574 e. The third-order valence-corrected chi connectivity index (χ3v) is 1.73. The molecule has 0 unspecified atom stereocenters. The number of nitrogens with two attached hydrogens (primary N) is 1. The fourth-order valence-corrected chi connectivity index (χ4v) is 1.06. The van der Waals surface area contributed by atoms with E-state index in [-0.39, 0.29) is 0 Å². The maximum absolute atomic E-state index is 12.5. The highest BCUT2D eigenvalue weighted by molar-refractivity contribution is 5.65. The van der Waals surface area contributed by atoms with Crippen LogP contribution in [0.3, 0.4) is 0 Å². The first-order valence-corrected chi connectivity index (χ1v) is 4.10. The van der Waals surface area contributed by atoms with Crippen LogP contribution >= 0.6 is 0 Å². The molecule has 1 aromatic heterocycles. The number of nitrogen functional groups attached to an aromatic ring is 1. The molecule has 0 saturated carbocycles. The molecule has 0 amide bonds. The number of ether oxygens (including phenoxy) is 1. The Morgan fingerprint density at radius 1 is 1.44 bits per heavy atom. The van der Waals surface area contributed by atoms with Crippen LogP contribution in [0.5, 0.6) is 5.88 Å². The SMILES string of the molecule is Nc1c([N+](=O)[O-])cnc(OC(F)(F)F)c1C(F)F. The van der Waals surface area contributed by atoms with Crippen molar-refractivity contribution in [2.24, 2.45) is 0 Å². The van der Waals surface area contributed by atoms with Crippen molar-refractivity contribution in [3.63, 3.8) is 0 Å². The maximum atomic E-state index is 12.5. The standard InChI is InChI=1S/C7H4F5N3O3/c8-5(9)3-4(13)2(15(16)17)1-14-6(3)18-7(10,11)12/h1,5H,(H2,13,14). The molecule has 0 fully saturated rings. The van der Waals surface area contributed by atoms with Crippen LogP contribution < -0.4 is 10.5 Å². The summed E-state index contributed by atoms with van der Waals surface area (Å²) in [5.74, 6) is -1.51. The van der Waals surface area contributed by atoms with Gasteiger partial charge >= 0.3 is 12.0 Å². The molecular formula is C7H4F5N3O3. The van der Waals surface area contributed by atoms with Crippen molar-refractivity contribution in [2.75, 3.05) is 5.73 Å². The van der Waals surface area contributed by atoms with Crippen LogP contribution in [0.15, 0.2) is 6.20 Å². The number of nitro groups is 1. The molecule has 18 heavy (non-hydrogen) atoms. The summed E-state index contributed by atoms with van der Waals surface area (Å²) in [6.45, 7) is 0. The Morgan fingerprint density at radius 2 is 2.00 bits per heavy atom. The number of alkyl halides is 5. The van der Waals surface area contributed by atoms with E-state index in [1.165, 1.54) is 0 Å². The van der Waals surface area contributed by atoms with Gasteiger partial charge in [0, 0.05) is 0 Å². The van der Waals surface area contributed by atoms with E-state index in [1.807, 2.05) is 0 Å². The van der Waals surface area contributed by atoms with E-state index in [0.717, 1.165) is 0 Å². The fraction of sp³-hybridized carbons (Fsp3) is 0.286. The highest BCUT2D eigenvalue weighted by Crippen LogP contribution is 2.39. The molecule has 1 aromatic rings. The minimum atomic E-state index is -5.26. The second-order valence-electron chi connectivity index (χ2n) is 2.88. The van der Waals surface area contributed by atoms with E-state index in [4.69, 9.17) is 5.73 Å². The first-order valence-electron chi connectivity index (χ1n) is 4.10. The molecule has 0 aliphatic heterocycles. The molecule has 0 spiro atoms. The summed E-state index contributed by atoms with van der Waals surface area (Å²) in [6.07, 6.45) is -8.46. The zero-order chi connectivity index (χ0) is 14.1. The molecule has 1 rings (SSSR count). The Kier molecular flexibility index (Phi) is 3.53. The van der Waals surface area contributed by atoms with Gasteiger partial charge in [-0.1, -0.05) is 0 Å². The molecule has 0 saturated heterocycles. The third-order valence-electron chi connectivity index (χ3n) is 1.73. The topological polar surface area (TPSA) is 91.3 Å². The van der Waals surface area contributed by atoms with Gasteiger partial charge in [0.05, 0.1) is 4.92 Å². The van der Waals surface area contributed by atoms with Gasteiger partial charge in [-0.25, -0.2) is 13.8 Å². The van der Waals surface area contributed by atoms with Crippen molar-refractivity contribution in [1.29, 1.82) is 0 Å². The Hall–Kier alpha value is -2.20. The van der Waals surface area contributed by atoms with E-state index in [0.29, 0.717) is 6.20 Å². The van der Waals surface area contributed by atoms with Crippen molar-refractivity contribution in [3.8, 4) is 5.88 Å². The number of rotatable bonds is 3. The third kappa shape index (κ3) is 2.93. The largest absolute Gasteiger partial charge is 0.574 e. The summed E-state index contributed by atoms with van der Waals surface area (Å²) in [7, 11) is 0.